The largest absolute Gasteiger partial charge is 0.384 e. The summed E-state index contributed by atoms with van der Waals surface area (Å²) in [4.78, 5) is 16.1. The Hall–Kier alpha value is -1.51. The lowest BCUT2D eigenvalue weighted by Gasteiger charge is -2.11. The van der Waals surface area contributed by atoms with Crippen LogP contribution in [0.4, 0.5) is 0 Å². The first-order valence-corrected chi connectivity index (χ1v) is 7.40. The fourth-order valence-electron chi connectivity index (χ4n) is 1.52. The number of aliphatic hydroxyl groups excluding tert-OH is 1. The zero-order chi connectivity index (χ0) is 14.1. The molecule has 0 aliphatic rings. The number of rotatable bonds is 5. The van der Waals surface area contributed by atoms with Crippen LogP contribution in [0.5, 0.6) is 0 Å². The van der Waals surface area contributed by atoms with Gasteiger partial charge in [-0.05, 0) is 30.1 Å². The lowest BCUT2D eigenvalue weighted by Crippen LogP contribution is -2.30. The number of thioether (sulfide) groups is 1. The van der Waals surface area contributed by atoms with Crippen LogP contribution in [0, 0.1) is 17.8 Å². The number of hydrogen-bond acceptors (Lipinski definition) is 4. The highest BCUT2D eigenvalue weighted by Gasteiger charge is 2.12. The van der Waals surface area contributed by atoms with Gasteiger partial charge in [-0.1, -0.05) is 18.8 Å². The molecular formula is C14H18N2O2S. The number of nitrogens with zero attached hydrogens (tertiary/aromatic N) is 1. The highest BCUT2D eigenvalue weighted by molar-refractivity contribution is 7.98. The topological polar surface area (TPSA) is 62.2 Å². The number of aromatic nitrogens is 1. The Morgan fingerprint density at radius 1 is 1.63 bits per heavy atom. The lowest BCUT2D eigenvalue weighted by atomic mass is 10.1. The van der Waals surface area contributed by atoms with Crippen molar-refractivity contribution in [1.82, 2.24) is 10.3 Å². The van der Waals surface area contributed by atoms with E-state index in [4.69, 9.17) is 5.11 Å². The number of carbonyl (C=O) groups excluding carboxylic acids is 1. The van der Waals surface area contributed by atoms with E-state index in [2.05, 4.69) is 29.1 Å². The molecule has 0 aliphatic carbocycles. The molecule has 1 amide bonds. The lowest BCUT2D eigenvalue weighted by molar-refractivity contribution is 0.0944. The molecule has 0 aliphatic heterocycles. The molecule has 1 heterocycles. The Morgan fingerprint density at radius 3 is 3.11 bits per heavy atom. The minimum Gasteiger partial charge on any atom is -0.384 e. The van der Waals surface area contributed by atoms with E-state index in [1.54, 1.807) is 30.1 Å². The molecule has 1 atom stereocenters. The van der Waals surface area contributed by atoms with Crippen molar-refractivity contribution in [2.45, 2.75) is 6.92 Å². The first-order valence-electron chi connectivity index (χ1n) is 6.01. The van der Waals surface area contributed by atoms with E-state index >= 15 is 0 Å². The Bertz CT molecular complexity index is 480. The smallest absolute Gasteiger partial charge is 0.271 e. The van der Waals surface area contributed by atoms with Crippen LogP contribution in [0.15, 0.2) is 18.3 Å². The summed E-state index contributed by atoms with van der Waals surface area (Å²) in [5, 5.41) is 11.6. The van der Waals surface area contributed by atoms with E-state index in [1.807, 2.05) is 6.26 Å². The monoisotopic (exact) mass is 278 g/mol. The van der Waals surface area contributed by atoms with Crippen molar-refractivity contribution in [2.75, 3.05) is 25.2 Å². The summed E-state index contributed by atoms with van der Waals surface area (Å²) in [5.41, 5.74) is 0.839. The highest BCUT2D eigenvalue weighted by Crippen LogP contribution is 2.06. The van der Waals surface area contributed by atoms with Gasteiger partial charge in [0, 0.05) is 12.7 Å². The number of carbonyl (C=O) groups is 1. The molecule has 102 valence electrons. The fourth-order valence-corrected chi connectivity index (χ4v) is 2.20. The normalized spacial score (nSPS) is 11.3. The van der Waals surface area contributed by atoms with Crippen LogP contribution in [-0.4, -0.2) is 41.2 Å². The molecule has 4 nitrogen and oxygen atoms in total. The average Bonchev–Trinajstić information content (AvgIpc) is 2.43. The fraction of sp³-hybridized carbons (Fsp3) is 0.429. The molecule has 1 aromatic heterocycles. The second-order valence-corrected chi connectivity index (χ2v) is 5.04. The zero-order valence-corrected chi connectivity index (χ0v) is 12.0. The standard InChI is InChI=1S/C14H18N2O2S/c1-11(10-19-2)9-16-14(18)13-12(6-4-8-17)5-3-7-15-13/h3,5,7,11,17H,8-10H2,1-2H3,(H,16,18). The Kier molecular flexibility index (Phi) is 7.01. The minimum absolute atomic E-state index is 0.226. The second kappa shape index (κ2) is 8.57. The van der Waals surface area contributed by atoms with Crippen LogP contribution >= 0.6 is 11.8 Å². The maximum absolute atomic E-state index is 12.0. The summed E-state index contributed by atoms with van der Waals surface area (Å²) in [6.45, 7) is 2.46. The van der Waals surface area contributed by atoms with Crippen molar-refractivity contribution in [3.05, 3.63) is 29.6 Å². The summed E-state index contributed by atoms with van der Waals surface area (Å²) in [6.07, 6.45) is 3.60. The summed E-state index contributed by atoms with van der Waals surface area (Å²) < 4.78 is 0. The van der Waals surface area contributed by atoms with Crippen LogP contribution in [0.1, 0.15) is 23.0 Å². The van der Waals surface area contributed by atoms with Gasteiger partial charge >= 0.3 is 0 Å². The molecule has 1 rings (SSSR count). The molecule has 0 fully saturated rings. The van der Waals surface area contributed by atoms with Crippen molar-refractivity contribution in [3.63, 3.8) is 0 Å². The highest BCUT2D eigenvalue weighted by atomic mass is 32.2. The zero-order valence-electron chi connectivity index (χ0n) is 11.1. The predicted molar refractivity (Wildman–Crippen MR) is 78.1 cm³/mol. The predicted octanol–water partition coefficient (Wildman–Crippen LogP) is 1.15. The summed E-state index contributed by atoms with van der Waals surface area (Å²) in [7, 11) is 0. The van der Waals surface area contributed by atoms with Crippen LogP contribution in [0.2, 0.25) is 0 Å². The molecule has 0 radical (unpaired) electrons. The third kappa shape index (κ3) is 5.33. The van der Waals surface area contributed by atoms with Crippen LogP contribution < -0.4 is 5.32 Å². The van der Waals surface area contributed by atoms with Crippen LogP contribution in [0.25, 0.3) is 0 Å². The van der Waals surface area contributed by atoms with Crippen molar-refractivity contribution in [3.8, 4) is 11.8 Å². The Balaban J connectivity index is 2.71. The van der Waals surface area contributed by atoms with Gasteiger partial charge in [-0.3, -0.25) is 4.79 Å². The maximum Gasteiger partial charge on any atom is 0.271 e. The SMILES string of the molecule is CSCC(C)CNC(=O)c1ncccc1C#CCO. The van der Waals surface area contributed by atoms with E-state index < -0.39 is 0 Å². The molecule has 0 bridgehead atoms. The molecule has 0 aromatic carbocycles. The van der Waals surface area contributed by atoms with E-state index in [-0.39, 0.29) is 12.5 Å². The third-order valence-electron chi connectivity index (χ3n) is 2.39. The van der Waals surface area contributed by atoms with E-state index in [1.165, 1.54) is 0 Å². The molecular weight excluding hydrogens is 260 g/mol. The van der Waals surface area contributed by atoms with Crippen LogP contribution in [-0.2, 0) is 0 Å². The molecule has 19 heavy (non-hydrogen) atoms. The van der Waals surface area contributed by atoms with E-state index in [0.29, 0.717) is 23.7 Å². The van der Waals surface area contributed by atoms with Gasteiger partial charge in [0.15, 0.2) is 0 Å². The number of pyridine rings is 1. The average molecular weight is 278 g/mol. The molecule has 1 aromatic rings. The summed E-state index contributed by atoms with van der Waals surface area (Å²) >= 11 is 1.75. The van der Waals surface area contributed by atoms with Crippen molar-refractivity contribution in [2.24, 2.45) is 5.92 Å². The van der Waals surface area contributed by atoms with Gasteiger partial charge in [0.25, 0.3) is 5.91 Å². The van der Waals surface area contributed by atoms with Gasteiger partial charge < -0.3 is 10.4 Å². The summed E-state index contributed by atoms with van der Waals surface area (Å²) in [6, 6.07) is 3.43. The van der Waals surface area contributed by atoms with Gasteiger partial charge in [0.05, 0.1) is 5.56 Å². The first-order chi connectivity index (χ1) is 9.19. The maximum atomic E-state index is 12.0. The minimum atomic E-state index is -0.235. The van der Waals surface area contributed by atoms with Gasteiger partial charge in [-0.15, -0.1) is 0 Å². The molecule has 1 unspecified atom stereocenters. The van der Waals surface area contributed by atoms with Gasteiger partial charge in [-0.25, -0.2) is 4.98 Å². The number of amides is 1. The first kappa shape index (κ1) is 15.5. The number of hydrogen-bond donors (Lipinski definition) is 2. The van der Waals surface area contributed by atoms with Gasteiger partial charge in [-0.2, -0.15) is 11.8 Å². The molecule has 0 saturated carbocycles. The summed E-state index contributed by atoms with van der Waals surface area (Å²) in [5.74, 6) is 6.44. The van der Waals surface area contributed by atoms with E-state index in [0.717, 1.165) is 5.75 Å². The van der Waals surface area contributed by atoms with Crippen molar-refractivity contribution >= 4 is 17.7 Å². The second-order valence-electron chi connectivity index (χ2n) is 4.13. The molecule has 2 N–H and O–H groups in total. The molecule has 0 spiro atoms. The Labute approximate surface area is 118 Å². The van der Waals surface area contributed by atoms with E-state index in [9.17, 15) is 4.79 Å². The van der Waals surface area contributed by atoms with Gasteiger partial charge in [0.2, 0.25) is 0 Å². The molecule has 5 heteroatoms. The quantitative estimate of drug-likeness (QED) is 0.793. The van der Waals surface area contributed by atoms with Crippen molar-refractivity contribution < 1.29 is 9.90 Å². The number of aliphatic hydroxyl groups is 1. The van der Waals surface area contributed by atoms with Crippen molar-refractivity contribution in [1.29, 1.82) is 0 Å². The van der Waals surface area contributed by atoms with Crippen LogP contribution in [0.3, 0.4) is 0 Å². The van der Waals surface area contributed by atoms with Gasteiger partial charge in [0.1, 0.15) is 12.3 Å². The Morgan fingerprint density at radius 2 is 2.42 bits per heavy atom. The molecule has 0 saturated heterocycles. The third-order valence-corrected chi connectivity index (χ3v) is 3.29. The number of nitrogens with one attached hydrogen (secondary N) is 1.